The van der Waals surface area contributed by atoms with Crippen LogP contribution in [0.2, 0.25) is 0 Å². The van der Waals surface area contributed by atoms with Gasteiger partial charge in [0.25, 0.3) is 5.56 Å². The van der Waals surface area contributed by atoms with Crippen molar-refractivity contribution in [2.45, 2.75) is 6.92 Å². The Balaban J connectivity index is 1.98. The number of fused-ring (bicyclic) bond motifs is 1. The average Bonchev–Trinajstić information content (AvgIpc) is 2.75. The van der Waals surface area contributed by atoms with Gasteiger partial charge in [0.15, 0.2) is 5.78 Å². The highest BCUT2D eigenvalue weighted by Crippen LogP contribution is 2.27. The number of hydrogen-bond donors (Lipinski definition) is 1. The van der Waals surface area contributed by atoms with Crippen molar-refractivity contribution in [3.05, 3.63) is 106 Å². The second kappa shape index (κ2) is 9.01. The Kier molecular flexibility index (Phi) is 6.23. The fourth-order valence-electron chi connectivity index (χ4n) is 3.12. The molecule has 1 N–H and O–H groups in total. The minimum atomic E-state index is -0.803. The third-order valence-corrected chi connectivity index (χ3v) is 4.70. The summed E-state index contributed by atoms with van der Waals surface area (Å²) < 4.78 is 1.29. The van der Waals surface area contributed by atoms with E-state index in [1.807, 2.05) is 36.4 Å². The lowest BCUT2D eigenvalue weighted by molar-refractivity contribution is -0.113. The van der Waals surface area contributed by atoms with E-state index in [4.69, 9.17) is 0 Å². The van der Waals surface area contributed by atoms with Gasteiger partial charge >= 0.3 is 0 Å². The number of aromatic nitrogens is 1. The average molecular weight is 399 g/mol. The van der Waals surface area contributed by atoms with Gasteiger partial charge in [-0.05, 0) is 30.7 Å². The topological polar surface area (TPSA) is 76.4 Å². The van der Waals surface area contributed by atoms with Crippen molar-refractivity contribution in [1.82, 2.24) is 4.57 Å². The summed E-state index contributed by atoms with van der Waals surface area (Å²) in [6, 6.07) is 16.4. The summed E-state index contributed by atoms with van der Waals surface area (Å²) in [6.07, 6.45) is 8.25. The molecule has 0 saturated heterocycles. The van der Waals surface area contributed by atoms with Gasteiger partial charge in [0.2, 0.25) is 5.78 Å². The van der Waals surface area contributed by atoms with Crippen molar-refractivity contribution in [2.75, 3.05) is 0 Å². The van der Waals surface area contributed by atoms with E-state index >= 15 is 0 Å². The second-order valence-electron chi connectivity index (χ2n) is 6.73. The molecule has 0 aliphatic rings. The van der Waals surface area contributed by atoms with Crippen LogP contribution in [0.15, 0.2) is 89.3 Å². The monoisotopic (exact) mass is 399 g/mol. The van der Waals surface area contributed by atoms with E-state index in [2.05, 4.69) is 0 Å². The molecule has 150 valence electrons. The van der Waals surface area contributed by atoms with Crippen LogP contribution in [0, 0.1) is 0 Å². The largest absolute Gasteiger partial charge is 0.506 e. The summed E-state index contributed by atoms with van der Waals surface area (Å²) in [5.74, 6) is -1.71. The van der Waals surface area contributed by atoms with Crippen molar-refractivity contribution >= 4 is 28.5 Å². The zero-order chi connectivity index (χ0) is 21.7. The number of rotatable bonds is 6. The third-order valence-electron chi connectivity index (χ3n) is 4.70. The van der Waals surface area contributed by atoms with Crippen LogP contribution >= 0.6 is 0 Å². The predicted molar refractivity (Wildman–Crippen MR) is 119 cm³/mol. The van der Waals surface area contributed by atoms with E-state index in [-0.39, 0.29) is 5.57 Å². The van der Waals surface area contributed by atoms with Crippen LogP contribution in [0.4, 0.5) is 0 Å². The predicted octanol–water partition coefficient (Wildman–Crippen LogP) is 4.21. The Hall–Kier alpha value is -3.99. The molecule has 0 spiro atoms. The summed E-state index contributed by atoms with van der Waals surface area (Å²) in [5.41, 5.74) is 0.263. The van der Waals surface area contributed by atoms with E-state index in [0.29, 0.717) is 10.9 Å². The van der Waals surface area contributed by atoms with Gasteiger partial charge in [-0.15, -0.1) is 0 Å². The molecule has 2 aromatic carbocycles. The first-order valence-electron chi connectivity index (χ1n) is 9.38. The molecule has 0 fully saturated rings. The molecule has 0 unspecified atom stereocenters. The number of ketones is 2. The molecule has 0 aliphatic carbocycles. The Morgan fingerprint density at radius 1 is 0.933 bits per heavy atom. The van der Waals surface area contributed by atoms with Gasteiger partial charge in [0, 0.05) is 12.4 Å². The molecule has 5 heteroatoms. The van der Waals surface area contributed by atoms with Crippen LogP contribution in [-0.2, 0) is 11.8 Å². The maximum absolute atomic E-state index is 13.0. The summed E-state index contributed by atoms with van der Waals surface area (Å²) in [5, 5.41) is 11.0. The number of aromatic hydroxyl groups is 1. The first kappa shape index (κ1) is 20.7. The van der Waals surface area contributed by atoms with Crippen LogP contribution in [0.3, 0.4) is 0 Å². The smallest absolute Gasteiger partial charge is 0.265 e. The van der Waals surface area contributed by atoms with E-state index in [1.54, 1.807) is 42.5 Å². The molecule has 1 aromatic heterocycles. The molecule has 0 atom stereocenters. The molecule has 1 heterocycles. The number of benzene rings is 2. The Morgan fingerprint density at radius 3 is 2.30 bits per heavy atom. The van der Waals surface area contributed by atoms with Crippen LogP contribution in [-0.4, -0.2) is 21.2 Å². The van der Waals surface area contributed by atoms with Gasteiger partial charge in [-0.25, -0.2) is 0 Å². The summed E-state index contributed by atoms with van der Waals surface area (Å²) in [4.78, 5) is 37.8. The first-order valence-corrected chi connectivity index (χ1v) is 9.38. The van der Waals surface area contributed by atoms with Gasteiger partial charge < -0.3 is 9.67 Å². The normalized spacial score (nSPS) is 12.1. The third kappa shape index (κ3) is 4.20. The first-order chi connectivity index (χ1) is 14.4. The van der Waals surface area contributed by atoms with Gasteiger partial charge in [0.05, 0.1) is 11.1 Å². The lowest BCUT2D eigenvalue weighted by Crippen LogP contribution is -2.27. The number of aryl methyl sites for hydroxylation is 1. The number of para-hydroxylation sites is 1. The Morgan fingerprint density at radius 2 is 1.60 bits per heavy atom. The number of Topliss-reactive ketones (excluding diaryl/α,β-unsaturated/α-hetero) is 2. The standard InChI is InChI=1S/C25H21NO4/c1-17(27)19(14-8-4-7-13-18-11-5-3-6-12-18)23(28)22-24(29)20-15-9-10-16-21(20)26(2)25(22)30/h3-16,29H,1-2H3/b8-4+,13-7+,19-14+. The molecule has 3 aromatic rings. The summed E-state index contributed by atoms with van der Waals surface area (Å²) in [7, 11) is 1.52. The highest BCUT2D eigenvalue weighted by atomic mass is 16.3. The molecule has 3 rings (SSSR count). The number of carbonyl (C=O) groups excluding carboxylic acids is 2. The van der Waals surface area contributed by atoms with Crippen LogP contribution in [0.1, 0.15) is 22.8 Å². The number of hydrogen-bond acceptors (Lipinski definition) is 4. The van der Waals surface area contributed by atoms with E-state index in [1.165, 1.54) is 24.6 Å². The van der Waals surface area contributed by atoms with Crippen LogP contribution in [0.5, 0.6) is 5.75 Å². The molecular weight excluding hydrogens is 378 g/mol. The zero-order valence-electron chi connectivity index (χ0n) is 16.7. The molecule has 0 radical (unpaired) electrons. The molecule has 0 saturated carbocycles. The van der Waals surface area contributed by atoms with E-state index in [0.717, 1.165) is 5.56 Å². The van der Waals surface area contributed by atoms with E-state index in [9.17, 15) is 19.5 Å². The van der Waals surface area contributed by atoms with Crippen molar-refractivity contribution < 1.29 is 14.7 Å². The van der Waals surface area contributed by atoms with Crippen LogP contribution < -0.4 is 5.56 Å². The Labute approximate surface area is 173 Å². The van der Waals surface area contributed by atoms with Crippen LogP contribution in [0.25, 0.3) is 17.0 Å². The van der Waals surface area contributed by atoms with E-state index < -0.39 is 28.4 Å². The number of allylic oxidation sites excluding steroid dienone is 5. The maximum atomic E-state index is 13.0. The quantitative estimate of drug-likeness (QED) is 0.221. The summed E-state index contributed by atoms with van der Waals surface area (Å²) >= 11 is 0. The minimum absolute atomic E-state index is 0.179. The SMILES string of the molecule is CC(=O)\C(=C/C=C/C=C/c1ccccc1)C(=O)c1c(O)c2ccccc2n(C)c1=O. The lowest BCUT2D eigenvalue weighted by atomic mass is 9.98. The second-order valence-corrected chi connectivity index (χ2v) is 6.73. The van der Waals surface area contributed by atoms with Crippen molar-refractivity contribution in [3.8, 4) is 5.75 Å². The molecule has 5 nitrogen and oxygen atoms in total. The Bertz CT molecular complexity index is 1260. The fraction of sp³-hybridized carbons (Fsp3) is 0.0800. The fourth-order valence-corrected chi connectivity index (χ4v) is 3.12. The van der Waals surface area contributed by atoms with Gasteiger partial charge in [-0.1, -0.05) is 66.8 Å². The highest BCUT2D eigenvalue weighted by Gasteiger charge is 2.25. The highest BCUT2D eigenvalue weighted by molar-refractivity contribution is 6.27. The number of pyridine rings is 1. The van der Waals surface area contributed by atoms with Gasteiger partial charge in [0.1, 0.15) is 11.3 Å². The van der Waals surface area contributed by atoms with Crippen molar-refractivity contribution in [1.29, 1.82) is 0 Å². The maximum Gasteiger partial charge on any atom is 0.265 e. The number of carbonyl (C=O) groups is 2. The molecule has 0 bridgehead atoms. The molecule has 0 aliphatic heterocycles. The zero-order valence-corrected chi connectivity index (χ0v) is 16.7. The molecular formula is C25H21NO4. The van der Waals surface area contributed by atoms with Gasteiger partial charge in [-0.2, -0.15) is 0 Å². The lowest BCUT2D eigenvalue weighted by Gasteiger charge is -2.11. The summed E-state index contributed by atoms with van der Waals surface area (Å²) in [6.45, 7) is 1.25. The van der Waals surface area contributed by atoms with Crippen molar-refractivity contribution in [2.24, 2.45) is 7.05 Å². The van der Waals surface area contributed by atoms with Gasteiger partial charge in [-0.3, -0.25) is 14.4 Å². The molecule has 30 heavy (non-hydrogen) atoms. The minimum Gasteiger partial charge on any atom is -0.506 e. The number of nitrogens with zero attached hydrogens (tertiary/aromatic N) is 1. The van der Waals surface area contributed by atoms with Crippen molar-refractivity contribution in [3.63, 3.8) is 0 Å². The molecule has 0 amide bonds.